The van der Waals surface area contributed by atoms with Gasteiger partial charge in [0.2, 0.25) is 0 Å². The molecule has 3 aromatic heterocycles. The van der Waals surface area contributed by atoms with Crippen LogP contribution in [0.5, 0.6) is 0 Å². The number of aryl methyl sites for hydroxylation is 4. The van der Waals surface area contributed by atoms with Crippen LogP contribution in [0.4, 0.5) is 0 Å². The number of benzene rings is 3. The van der Waals surface area contributed by atoms with Crippen molar-refractivity contribution >= 4 is 21.8 Å². The highest BCUT2D eigenvalue weighted by molar-refractivity contribution is 6.10. The Morgan fingerprint density at radius 1 is 0.595 bits per heavy atom. The van der Waals surface area contributed by atoms with E-state index in [9.17, 15) is 5.26 Å². The molecule has 0 spiro atoms. The van der Waals surface area contributed by atoms with Crippen LogP contribution in [-0.4, -0.2) is 34.5 Å². The number of nitrogens with zero attached hydrogens (tertiary/aromatic N) is 8. The standard InChI is InChI=1S/C29H22N8/c1-16-31-17(2)34-28(33-16)20-9-10-22(15-30)26(13-20)37-25-8-6-5-7-23(25)24-12-11-21(14-27(24)37)29-35-18(3)32-19(4)36-29/h5-14H,1-4H3. The number of para-hydroxylation sites is 1. The number of hydrogen-bond acceptors (Lipinski definition) is 7. The molecule has 8 nitrogen and oxygen atoms in total. The first-order chi connectivity index (χ1) is 17.9. The second kappa shape index (κ2) is 8.57. The van der Waals surface area contributed by atoms with Crippen molar-refractivity contribution in [1.29, 1.82) is 5.26 Å². The normalized spacial score (nSPS) is 11.2. The van der Waals surface area contributed by atoms with E-state index in [2.05, 4.69) is 64.8 Å². The Kier molecular flexibility index (Phi) is 5.20. The molecule has 0 fully saturated rings. The van der Waals surface area contributed by atoms with Gasteiger partial charge in [-0.05, 0) is 58.0 Å². The zero-order chi connectivity index (χ0) is 25.7. The van der Waals surface area contributed by atoms with Crippen molar-refractivity contribution in [2.75, 3.05) is 0 Å². The molecule has 0 bridgehead atoms. The average Bonchev–Trinajstić information content (AvgIpc) is 3.20. The molecule has 6 rings (SSSR count). The van der Waals surface area contributed by atoms with E-state index in [0.717, 1.165) is 38.6 Å². The van der Waals surface area contributed by atoms with Crippen molar-refractivity contribution in [2.24, 2.45) is 0 Å². The number of aromatic nitrogens is 7. The summed E-state index contributed by atoms with van der Waals surface area (Å²) in [6.07, 6.45) is 0. The average molecular weight is 483 g/mol. The van der Waals surface area contributed by atoms with Gasteiger partial charge in [0.25, 0.3) is 0 Å². The first kappa shape index (κ1) is 22.4. The second-order valence-electron chi connectivity index (χ2n) is 8.94. The number of hydrogen-bond donors (Lipinski definition) is 0. The van der Waals surface area contributed by atoms with E-state index in [1.807, 2.05) is 64.1 Å². The molecule has 0 amide bonds. The summed E-state index contributed by atoms with van der Waals surface area (Å²) in [7, 11) is 0. The fourth-order valence-electron chi connectivity index (χ4n) is 4.81. The van der Waals surface area contributed by atoms with Crippen molar-refractivity contribution in [3.8, 4) is 34.5 Å². The van der Waals surface area contributed by atoms with E-state index in [4.69, 9.17) is 0 Å². The van der Waals surface area contributed by atoms with Gasteiger partial charge in [0, 0.05) is 21.9 Å². The number of nitriles is 1. The lowest BCUT2D eigenvalue weighted by Crippen LogP contribution is -2.02. The van der Waals surface area contributed by atoms with Crippen LogP contribution in [0.2, 0.25) is 0 Å². The van der Waals surface area contributed by atoms with Crippen LogP contribution < -0.4 is 0 Å². The highest BCUT2D eigenvalue weighted by Crippen LogP contribution is 2.36. The summed E-state index contributed by atoms with van der Waals surface area (Å²) < 4.78 is 2.12. The van der Waals surface area contributed by atoms with Crippen LogP contribution in [0.25, 0.3) is 50.3 Å². The van der Waals surface area contributed by atoms with Gasteiger partial charge in [-0.2, -0.15) is 5.26 Å². The summed E-state index contributed by atoms with van der Waals surface area (Å²) in [5.74, 6) is 3.84. The second-order valence-corrected chi connectivity index (χ2v) is 8.94. The summed E-state index contributed by atoms with van der Waals surface area (Å²) in [4.78, 5) is 26.8. The Bertz CT molecular complexity index is 1850. The maximum absolute atomic E-state index is 10.1. The minimum atomic E-state index is 0.547. The summed E-state index contributed by atoms with van der Waals surface area (Å²) in [6.45, 7) is 7.43. The molecular weight excluding hydrogens is 460 g/mol. The monoisotopic (exact) mass is 482 g/mol. The zero-order valence-corrected chi connectivity index (χ0v) is 20.9. The van der Waals surface area contributed by atoms with Crippen LogP contribution >= 0.6 is 0 Å². The largest absolute Gasteiger partial charge is 0.308 e. The zero-order valence-electron chi connectivity index (χ0n) is 20.9. The van der Waals surface area contributed by atoms with Gasteiger partial charge in [-0.3, -0.25) is 0 Å². The Morgan fingerprint density at radius 2 is 1.14 bits per heavy atom. The minimum absolute atomic E-state index is 0.547. The molecule has 0 saturated heterocycles. The van der Waals surface area contributed by atoms with Gasteiger partial charge < -0.3 is 4.57 Å². The van der Waals surface area contributed by atoms with E-state index in [0.29, 0.717) is 40.5 Å². The summed E-state index contributed by atoms with van der Waals surface area (Å²) in [5, 5.41) is 12.2. The van der Waals surface area contributed by atoms with Gasteiger partial charge in [-0.25, -0.2) is 29.9 Å². The fourth-order valence-corrected chi connectivity index (χ4v) is 4.81. The molecule has 3 heterocycles. The maximum Gasteiger partial charge on any atom is 0.163 e. The predicted octanol–water partition coefficient (Wildman–Crippen LogP) is 5.59. The highest BCUT2D eigenvalue weighted by atomic mass is 15.0. The Hall–Kier alpha value is -5.03. The SMILES string of the molecule is Cc1nc(C)nc(-c2ccc(C#N)c(-n3c4ccccc4c4ccc(-c5nc(C)nc(C)n5)cc43)c2)n1. The van der Waals surface area contributed by atoms with Crippen molar-refractivity contribution in [2.45, 2.75) is 27.7 Å². The molecule has 0 unspecified atom stereocenters. The predicted molar refractivity (Wildman–Crippen MR) is 142 cm³/mol. The molecular formula is C29H22N8. The van der Waals surface area contributed by atoms with E-state index < -0.39 is 0 Å². The van der Waals surface area contributed by atoms with Gasteiger partial charge in [-0.1, -0.05) is 30.3 Å². The summed E-state index contributed by atoms with van der Waals surface area (Å²) in [5.41, 5.74) is 4.94. The lowest BCUT2D eigenvalue weighted by Gasteiger charge is -2.12. The molecule has 0 atom stereocenters. The van der Waals surface area contributed by atoms with Crippen molar-refractivity contribution in [3.63, 3.8) is 0 Å². The lowest BCUT2D eigenvalue weighted by molar-refractivity contribution is 0.928. The molecule has 8 heteroatoms. The molecule has 37 heavy (non-hydrogen) atoms. The number of rotatable bonds is 3. The molecule has 0 N–H and O–H groups in total. The molecule has 6 aromatic rings. The third-order valence-corrected chi connectivity index (χ3v) is 6.27. The van der Waals surface area contributed by atoms with Gasteiger partial charge >= 0.3 is 0 Å². The van der Waals surface area contributed by atoms with Gasteiger partial charge in [0.15, 0.2) is 11.6 Å². The third kappa shape index (κ3) is 3.87. The van der Waals surface area contributed by atoms with Crippen LogP contribution in [0.3, 0.4) is 0 Å². The van der Waals surface area contributed by atoms with Crippen LogP contribution in [-0.2, 0) is 0 Å². The highest BCUT2D eigenvalue weighted by Gasteiger charge is 2.18. The van der Waals surface area contributed by atoms with E-state index in [1.54, 1.807) is 0 Å². The Morgan fingerprint density at radius 3 is 1.76 bits per heavy atom. The molecule has 0 aliphatic rings. The first-order valence-electron chi connectivity index (χ1n) is 11.9. The van der Waals surface area contributed by atoms with Crippen LogP contribution in [0.15, 0.2) is 60.7 Å². The first-order valence-corrected chi connectivity index (χ1v) is 11.9. The molecule has 0 saturated carbocycles. The molecule has 3 aromatic carbocycles. The third-order valence-electron chi connectivity index (χ3n) is 6.27. The van der Waals surface area contributed by atoms with Crippen LogP contribution in [0.1, 0.15) is 28.9 Å². The quantitative estimate of drug-likeness (QED) is 0.323. The van der Waals surface area contributed by atoms with Gasteiger partial charge in [0.1, 0.15) is 29.4 Å². The maximum atomic E-state index is 10.1. The van der Waals surface area contributed by atoms with Crippen molar-refractivity contribution in [1.82, 2.24) is 34.5 Å². The van der Waals surface area contributed by atoms with Crippen molar-refractivity contribution in [3.05, 3.63) is 89.5 Å². The molecule has 0 radical (unpaired) electrons. The van der Waals surface area contributed by atoms with Crippen molar-refractivity contribution < 1.29 is 0 Å². The van der Waals surface area contributed by atoms with Gasteiger partial charge in [-0.15, -0.1) is 0 Å². The van der Waals surface area contributed by atoms with E-state index in [1.165, 1.54) is 0 Å². The van der Waals surface area contributed by atoms with E-state index in [-0.39, 0.29) is 0 Å². The molecule has 0 aliphatic carbocycles. The topological polar surface area (TPSA) is 106 Å². The Balaban J connectivity index is 1.66. The molecule has 0 aliphatic heterocycles. The smallest absolute Gasteiger partial charge is 0.163 e. The lowest BCUT2D eigenvalue weighted by atomic mass is 10.1. The summed E-state index contributed by atoms with van der Waals surface area (Å²) in [6, 6.07) is 22.4. The van der Waals surface area contributed by atoms with E-state index >= 15 is 0 Å². The fraction of sp³-hybridized carbons (Fsp3) is 0.138. The van der Waals surface area contributed by atoms with Gasteiger partial charge in [0.05, 0.1) is 22.3 Å². The molecule has 178 valence electrons. The number of fused-ring (bicyclic) bond motifs is 3. The van der Waals surface area contributed by atoms with Crippen LogP contribution in [0, 0.1) is 39.0 Å². The Labute approximate surface area is 213 Å². The summed E-state index contributed by atoms with van der Waals surface area (Å²) >= 11 is 0. The minimum Gasteiger partial charge on any atom is -0.308 e.